The third kappa shape index (κ3) is 3.74. The van der Waals surface area contributed by atoms with E-state index in [1.807, 2.05) is 6.92 Å². The first-order chi connectivity index (χ1) is 11.3. The number of methoxy groups -OCH3 is 1. The van der Waals surface area contributed by atoms with E-state index in [9.17, 15) is 13.2 Å². The predicted molar refractivity (Wildman–Crippen MR) is 92.5 cm³/mol. The van der Waals surface area contributed by atoms with Gasteiger partial charge in [-0.25, -0.2) is 17.9 Å². The van der Waals surface area contributed by atoms with E-state index in [2.05, 4.69) is 9.46 Å². The van der Waals surface area contributed by atoms with Crippen molar-refractivity contribution >= 4 is 27.6 Å². The molecule has 2 rings (SSSR count). The lowest BCUT2D eigenvalue weighted by molar-refractivity contribution is 0.0596. The Bertz CT molecular complexity index is 723. The second-order valence-corrected chi connectivity index (χ2v) is 8.33. The lowest BCUT2D eigenvalue weighted by atomic mass is 9.74. The van der Waals surface area contributed by atoms with Crippen LogP contribution in [0.1, 0.15) is 43.0 Å². The summed E-state index contributed by atoms with van der Waals surface area (Å²) in [5.41, 5.74) is 5.13. The summed E-state index contributed by atoms with van der Waals surface area (Å²) in [5.74, 6) is -0.642. The normalized spacial score (nSPS) is 24.6. The average molecular weight is 375 g/mol. The molecule has 3 N–H and O–H groups in total. The third-order valence-corrected chi connectivity index (χ3v) is 6.64. The number of nitrogens with one attached hydrogen (secondary N) is 1. The van der Waals surface area contributed by atoms with Crippen molar-refractivity contribution in [3.8, 4) is 0 Å². The summed E-state index contributed by atoms with van der Waals surface area (Å²) in [5, 5.41) is 0.258. The summed E-state index contributed by atoms with van der Waals surface area (Å²) in [6.45, 7) is 2.20. The van der Waals surface area contributed by atoms with Crippen LogP contribution in [0.5, 0.6) is 0 Å². The van der Waals surface area contributed by atoms with Crippen LogP contribution in [0.2, 0.25) is 5.02 Å². The maximum Gasteiger partial charge on any atom is 0.339 e. The van der Waals surface area contributed by atoms with Gasteiger partial charge in [0.15, 0.2) is 0 Å². The number of sulfonamides is 1. The molecular formula is C16H23ClN2O4S. The molecule has 0 radical (unpaired) electrons. The van der Waals surface area contributed by atoms with Crippen LogP contribution in [0.3, 0.4) is 0 Å². The quantitative estimate of drug-likeness (QED) is 0.770. The fraction of sp³-hybridized carbons (Fsp3) is 0.562. The van der Waals surface area contributed by atoms with E-state index in [4.69, 9.17) is 17.3 Å². The van der Waals surface area contributed by atoms with Crippen molar-refractivity contribution in [3.63, 3.8) is 0 Å². The van der Waals surface area contributed by atoms with Gasteiger partial charge in [-0.3, -0.25) is 0 Å². The van der Waals surface area contributed by atoms with E-state index in [0.717, 1.165) is 19.3 Å². The van der Waals surface area contributed by atoms with Gasteiger partial charge in [-0.2, -0.15) is 0 Å². The molecule has 0 bridgehead atoms. The number of rotatable bonds is 5. The van der Waals surface area contributed by atoms with Crippen LogP contribution in [0, 0.1) is 5.92 Å². The van der Waals surface area contributed by atoms with E-state index in [1.165, 1.54) is 25.3 Å². The van der Waals surface area contributed by atoms with Gasteiger partial charge in [0.2, 0.25) is 10.0 Å². The molecule has 1 aliphatic rings. The van der Waals surface area contributed by atoms with Crippen molar-refractivity contribution in [2.45, 2.75) is 43.0 Å². The number of carbonyl (C=O) groups excluding carboxylic acids is 1. The second-order valence-electron chi connectivity index (χ2n) is 6.24. The highest BCUT2D eigenvalue weighted by Crippen LogP contribution is 2.34. The number of hydrogen-bond acceptors (Lipinski definition) is 5. The fourth-order valence-corrected chi connectivity index (χ4v) is 5.12. The first-order valence-corrected chi connectivity index (χ1v) is 9.74. The maximum absolute atomic E-state index is 12.9. The molecule has 0 amide bonds. The number of benzene rings is 1. The van der Waals surface area contributed by atoms with Gasteiger partial charge in [0, 0.05) is 17.1 Å². The van der Waals surface area contributed by atoms with Gasteiger partial charge in [-0.1, -0.05) is 31.4 Å². The number of ether oxygens (including phenoxy) is 1. The molecule has 1 fully saturated rings. The van der Waals surface area contributed by atoms with Gasteiger partial charge >= 0.3 is 5.97 Å². The molecular weight excluding hydrogens is 352 g/mol. The molecule has 0 heterocycles. The lowest BCUT2D eigenvalue weighted by Crippen LogP contribution is -2.59. The highest BCUT2D eigenvalue weighted by molar-refractivity contribution is 7.89. The number of halogens is 1. The van der Waals surface area contributed by atoms with Gasteiger partial charge in [-0.15, -0.1) is 0 Å². The summed E-state index contributed by atoms with van der Waals surface area (Å²) in [4.78, 5) is 11.8. The molecule has 0 aliphatic heterocycles. The first kappa shape index (κ1) is 19.2. The standard InChI is InChI=1S/C16H23ClN2O4S/c1-11-5-3-4-8-16(11,10-18)19-24(21,22)14-7-6-12(17)9-13(14)15(20)23-2/h6-7,9,11,19H,3-5,8,10,18H2,1-2H3. The minimum Gasteiger partial charge on any atom is -0.465 e. The molecule has 0 aromatic heterocycles. The summed E-state index contributed by atoms with van der Waals surface area (Å²) in [6.07, 6.45) is 3.54. The van der Waals surface area contributed by atoms with Crippen molar-refractivity contribution in [1.82, 2.24) is 4.72 Å². The number of nitrogens with two attached hydrogens (primary N) is 1. The summed E-state index contributed by atoms with van der Waals surface area (Å²) in [6, 6.07) is 4.04. The van der Waals surface area contributed by atoms with Crippen LogP contribution < -0.4 is 10.5 Å². The molecule has 1 aromatic carbocycles. The van der Waals surface area contributed by atoms with Crippen LogP contribution in [-0.2, 0) is 14.8 Å². The smallest absolute Gasteiger partial charge is 0.339 e. The van der Waals surface area contributed by atoms with Gasteiger partial charge in [0.25, 0.3) is 0 Å². The van der Waals surface area contributed by atoms with Gasteiger partial charge < -0.3 is 10.5 Å². The van der Waals surface area contributed by atoms with Crippen molar-refractivity contribution in [2.75, 3.05) is 13.7 Å². The van der Waals surface area contributed by atoms with Crippen LogP contribution in [0.15, 0.2) is 23.1 Å². The van der Waals surface area contributed by atoms with E-state index in [1.54, 1.807) is 0 Å². The minimum absolute atomic E-state index is 0.0897. The molecule has 6 nitrogen and oxygen atoms in total. The molecule has 8 heteroatoms. The highest BCUT2D eigenvalue weighted by atomic mass is 35.5. The van der Waals surface area contributed by atoms with Crippen molar-refractivity contribution in [2.24, 2.45) is 11.7 Å². The summed E-state index contributed by atoms with van der Waals surface area (Å²) in [7, 11) is -2.76. The van der Waals surface area contributed by atoms with Crippen molar-refractivity contribution < 1.29 is 17.9 Å². The third-order valence-electron chi connectivity index (χ3n) is 4.79. The Morgan fingerprint density at radius 2 is 2.17 bits per heavy atom. The topological polar surface area (TPSA) is 98.5 Å². The Morgan fingerprint density at radius 1 is 1.46 bits per heavy atom. The molecule has 2 unspecified atom stereocenters. The van der Waals surface area contributed by atoms with Crippen molar-refractivity contribution in [3.05, 3.63) is 28.8 Å². The zero-order chi connectivity index (χ0) is 18.0. The highest BCUT2D eigenvalue weighted by Gasteiger charge is 2.41. The average Bonchev–Trinajstić information content (AvgIpc) is 2.55. The molecule has 24 heavy (non-hydrogen) atoms. The Hall–Kier alpha value is -1.15. The van der Waals surface area contributed by atoms with Crippen LogP contribution in [0.25, 0.3) is 0 Å². The minimum atomic E-state index is -3.96. The molecule has 0 spiro atoms. The van der Waals surface area contributed by atoms with Crippen molar-refractivity contribution in [1.29, 1.82) is 0 Å². The zero-order valence-corrected chi connectivity index (χ0v) is 15.4. The van der Waals surface area contributed by atoms with Crippen LogP contribution in [0.4, 0.5) is 0 Å². The van der Waals surface area contributed by atoms with E-state index in [0.29, 0.717) is 6.42 Å². The second kappa shape index (κ2) is 7.39. The number of carbonyl (C=O) groups is 1. The molecule has 1 aromatic rings. The Kier molecular flexibility index (Phi) is 5.91. The Labute approximate surface area is 147 Å². The Morgan fingerprint density at radius 3 is 2.75 bits per heavy atom. The first-order valence-electron chi connectivity index (χ1n) is 7.87. The predicted octanol–water partition coefficient (Wildman–Crippen LogP) is 2.31. The SMILES string of the molecule is COC(=O)c1cc(Cl)ccc1S(=O)(=O)NC1(CN)CCCCC1C. The number of esters is 1. The number of hydrogen-bond donors (Lipinski definition) is 2. The van der Waals surface area contributed by atoms with Gasteiger partial charge in [-0.05, 0) is 37.0 Å². The molecule has 1 saturated carbocycles. The monoisotopic (exact) mass is 374 g/mol. The van der Waals surface area contributed by atoms with Crippen LogP contribution >= 0.6 is 11.6 Å². The lowest BCUT2D eigenvalue weighted by Gasteiger charge is -2.42. The molecule has 134 valence electrons. The maximum atomic E-state index is 12.9. The van der Waals surface area contributed by atoms with Gasteiger partial charge in [0.05, 0.1) is 17.6 Å². The van der Waals surface area contributed by atoms with E-state index in [-0.39, 0.29) is 27.9 Å². The molecule has 1 aliphatic carbocycles. The Balaban J connectivity index is 2.45. The van der Waals surface area contributed by atoms with E-state index < -0.39 is 21.5 Å². The van der Waals surface area contributed by atoms with Crippen LogP contribution in [-0.4, -0.2) is 33.6 Å². The largest absolute Gasteiger partial charge is 0.465 e. The molecule has 2 atom stereocenters. The summed E-state index contributed by atoms with van der Waals surface area (Å²) < 4.78 is 33.3. The van der Waals surface area contributed by atoms with Gasteiger partial charge in [0.1, 0.15) is 0 Å². The fourth-order valence-electron chi connectivity index (χ4n) is 3.24. The zero-order valence-electron chi connectivity index (χ0n) is 13.8. The molecule has 0 saturated heterocycles. The summed E-state index contributed by atoms with van der Waals surface area (Å²) >= 11 is 5.89. The van der Waals surface area contributed by atoms with E-state index >= 15 is 0 Å².